The monoisotopic (exact) mass is 215 g/mol. The lowest BCUT2D eigenvalue weighted by molar-refractivity contribution is 0.473. The van der Waals surface area contributed by atoms with E-state index < -0.39 is 0 Å². The average molecular weight is 216 g/mol. The third kappa shape index (κ3) is 1.10. The molecule has 0 radical (unpaired) electrons. The zero-order valence-electron chi connectivity index (χ0n) is 6.39. The summed E-state index contributed by atoms with van der Waals surface area (Å²) in [5.74, 6) is 0. The Hall–Kier alpha value is -0.350. The Morgan fingerprint density at radius 2 is 2.45 bits per heavy atom. The van der Waals surface area contributed by atoms with Gasteiger partial charge in [-0.25, -0.2) is 0 Å². The lowest BCUT2D eigenvalue weighted by Gasteiger charge is -2.14. The van der Waals surface area contributed by atoms with Gasteiger partial charge in [0.2, 0.25) is 0 Å². The van der Waals surface area contributed by atoms with E-state index in [1.165, 1.54) is 5.69 Å². The maximum absolute atomic E-state index is 4.38. The van der Waals surface area contributed by atoms with Crippen molar-refractivity contribution in [3.05, 3.63) is 15.9 Å². The maximum Gasteiger partial charge on any atom is 0.0739 e. The van der Waals surface area contributed by atoms with Crippen molar-refractivity contribution in [2.45, 2.75) is 20.0 Å². The molecule has 11 heavy (non-hydrogen) atoms. The number of hydrogen-bond acceptors (Lipinski definition) is 2. The molecule has 0 aromatic carbocycles. The molecule has 1 aliphatic rings. The predicted octanol–water partition coefficient (Wildman–Crippen LogP) is 1.06. The van der Waals surface area contributed by atoms with Gasteiger partial charge in [-0.3, -0.25) is 4.68 Å². The van der Waals surface area contributed by atoms with Crippen LogP contribution in [-0.2, 0) is 13.1 Å². The second-order valence-corrected chi connectivity index (χ2v) is 3.54. The zero-order chi connectivity index (χ0) is 7.84. The van der Waals surface area contributed by atoms with Gasteiger partial charge >= 0.3 is 0 Å². The van der Waals surface area contributed by atoms with Crippen LogP contribution >= 0.6 is 15.9 Å². The lowest BCUT2D eigenvalue weighted by Crippen LogP contribution is -2.28. The SMILES string of the molecule is Cc1nn2c(c1Br)CNCC2. The molecule has 60 valence electrons. The van der Waals surface area contributed by atoms with E-state index in [0.29, 0.717) is 0 Å². The molecule has 0 aliphatic carbocycles. The van der Waals surface area contributed by atoms with Crippen molar-refractivity contribution in [3.8, 4) is 0 Å². The summed E-state index contributed by atoms with van der Waals surface area (Å²) < 4.78 is 3.22. The molecule has 0 unspecified atom stereocenters. The molecule has 2 rings (SSSR count). The number of fused-ring (bicyclic) bond motifs is 1. The van der Waals surface area contributed by atoms with Gasteiger partial charge in [-0.05, 0) is 22.9 Å². The third-order valence-electron chi connectivity index (χ3n) is 1.95. The van der Waals surface area contributed by atoms with Crippen molar-refractivity contribution in [1.29, 1.82) is 0 Å². The number of aryl methyl sites for hydroxylation is 1. The molecule has 0 saturated heterocycles. The molecule has 4 heteroatoms. The van der Waals surface area contributed by atoms with Gasteiger partial charge in [0.05, 0.1) is 22.4 Å². The first-order valence-corrected chi connectivity index (χ1v) is 4.51. The van der Waals surface area contributed by atoms with Crippen LogP contribution < -0.4 is 5.32 Å². The van der Waals surface area contributed by atoms with Crippen molar-refractivity contribution in [2.75, 3.05) is 6.54 Å². The molecular formula is C7H10BrN3. The largest absolute Gasteiger partial charge is 0.309 e. The third-order valence-corrected chi connectivity index (χ3v) is 2.98. The first-order valence-electron chi connectivity index (χ1n) is 3.71. The molecule has 1 N–H and O–H groups in total. The number of halogens is 1. The topological polar surface area (TPSA) is 29.9 Å². The molecule has 1 aromatic rings. The number of nitrogens with zero attached hydrogens (tertiary/aromatic N) is 2. The Balaban J connectivity index is 2.50. The van der Waals surface area contributed by atoms with E-state index in [-0.39, 0.29) is 0 Å². The lowest BCUT2D eigenvalue weighted by atomic mass is 10.3. The summed E-state index contributed by atoms with van der Waals surface area (Å²) in [5.41, 5.74) is 2.36. The summed E-state index contributed by atoms with van der Waals surface area (Å²) in [5, 5.41) is 7.68. The van der Waals surface area contributed by atoms with Gasteiger partial charge in [-0.2, -0.15) is 5.10 Å². The highest BCUT2D eigenvalue weighted by Crippen LogP contribution is 2.21. The summed E-state index contributed by atoms with van der Waals surface area (Å²) in [6.07, 6.45) is 0. The second kappa shape index (κ2) is 2.60. The molecule has 0 spiro atoms. The van der Waals surface area contributed by atoms with Crippen LogP contribution in [0.2, 0.25) is 0 Å². The van der Waals surface area contributed by atoms with Crippen LogP contribution in [0.15, 0.2) is 4.47 Å². The standard InChI is InChI=1S/C7H10BrN3/c1-5-7(8)6-4-9-2-3-11(6)10-5/h9H,2-4H2,1H3. The number of hydrogen-bond donors (Lipinski definition) is 1. The summed E-state index contributed by atoms with van der Waals surface area (Å²) in [6.45, 7) is 4.97. The number of nitrogens with one attached hydrogen (secondary N) is 1. The van der Waals surface area contributed by atoms with E-state index in [9.17, 15) is 0 Å². The van der Waals surface area contributed by atoms with E-state index in [1.807, 2.05) is 6.92 Å². The van der Waals surface area contributed by atoms with Crippen molar-refractivity contribution < 1.29 is 0 Å². The number of aromatic nitrogens is 2. The molecule has 0 amide bonds. The predicted molar refractivity (Wildman–Crippen MR) is 46.4 cm³/mol. The van der Waals surface area contributed by atoms with Crippen molar-refractivity contribution in [2.24, 2.45) is 0 Å². The highest BCUT2D eigenvalue weighted by atomic mass is 79.9. The first kappa shape index (κ1) is 7.31. The molecule has 0 bridgehead atoms. The second-order valence-electron chi connectivity index (χ2n) is 2.75. The Morgan fingerprint density at radius 3 is 3.18 bits per heavy atom. The zero-order valence-corrected chi connectivity index (χ0v) is 7.98. The van der Waals surface area contributed by atoms with Crippen LogP contribution in [-0.4, -0.2) is 16.3 Å². The van der Waals surface area contributed by atoms with Gasteiger partial charge < -0.3 is 5.32 Å². The molecular weight excluding hydrogens is 206 g/mol. The van der Waals surface area contributed by atoms with Gasteiger partial charge in [-0.15, -0.1) is 0 Å². The summed E-state index contributed by atoms with van der Waals surface area (Å²) >= 11 is 3.51. The van der Waals surface area contributed by atoms with Crippen LogP contribution in [0.25, 0.3) is 0 Å². The van der Waals surface area contributed by atoms with Crippen molar-refractivity contribution >= 4 is 15.9 Å². The molecule has 1 aromatic heterocycles. The van der Waals surface area contributed by atoms with Gasteiger partial charge in [0, 0.05) is 13.1 Å². The molecule has 3 nitrogen and oxygen atoms in total. The summed E-state index contributed by atoms with van der Waals surface area (Å²) in [4.78, 5) is 0. The molecule has 2 heterocycles. The van der Waals surface area contributed by atoms with E-state index >= 15 is 0 Å². The van der Waals surface area contributed by atoms with Crippen LogP contribution in [0.5, 0.6) is 0 Å². The number of rotatable bonds is 0. The fourth-order valence-corrected chi connectivity index (χ4v) is 1.78. The van der Waals surface area contributed by atoms with E-state index in [4.69, 9.17) is 0 Å². The smallest absolute Gasteiger partial charge is 0.0739 e. The van der Waals surface area contributed by atoms with Crippen molar-refractivity contribution in [1.82, 2.24) is 15.1 Å². The Labute approximate surface area is 73.9 Å². The fourth-order valence-electron chi connectivity index (χ4n) is 1.35. The minimum atomic E-state index is 0.932. The minimum absolute atomic E-state index is 0.932. The quantitative estimate of drug-likeness (QED) is 0.702. The van der Waals surface area contributed by atoms with Crippen LogP contribution in [0, 0.1) is 6.92 Å². The van der Waals surface area contributed by atoms with E-state index in [1.54, 1.807) is 0 Å². The minimum Gasteiger partial charge on any atom is -0.309 e. The van der Waals surface area contributed by atoms with Gasteiger partial charge in [0.1, 0.15) is 0 Å². The first-order chi connectivity index (χ1) is 5.29. The van der Waals surface area contributed by atoms with Gasteiger partial charge in [0.15, 0.2) is 0 Å². The average Bonchev–Trinajstić information content (AvgIpc) is 2.30. The highest BCUT2D eigenvalue weighted by Gasteiger charge is 2.14. The molecule has 0 fully saturated rings. The van der Waals surface area contributed by atoms with E-state index in [0.717, 1.165) is 29.8 Å². The molecule has 1 aliphatic heterocycles. The van der Waals surface area contributed by atoms with Gasteiger partial charge in [0.25, 0.3) is 0 Å². The summed E-state index contributed by atoms with van der Waals surface area (Å²) in [7, 11) is 0. The van der Waals surface area contributed by atoms with Gasteiger partial charge in [-0.1, -0.05) is 0 Å². The van der Waals surface area contributed by atoms with Crippen LogP contribution in [0.3, 0.4) is 0 Å². The normalized spacial score (nSPS) is 16.5. The molecule has 0 atom stereocenters. The Bertz CT molecular complexity index is 279. The maximum atomic E-state index is 4.38. The van der Waals surface area contributed by atoms with E-state index in [2.05, 4.69) is 31.0 Å². The van der Waals surface area contributed by atoms with Crippen molar-refractivity contribution in [3.63, 3.8) is 0 Å². The Kier molecular flexibility index (Phi) is 1.73. The summed E-state index contributed by atoms with van der Waals surface area (Å²) in [6, 6.07) is 0. The molecule has 0 saturated carbocycles. The Morgan fingerprint density at radius 1 is 1.64 bits per heavy atom. The highest BCUT2D eigenvalue weighted by molar-refractivity contribution is 9.10. The van der Waals surface area contributed by atoms with Crippen LogP contribution in [0.1, 0.15) is 11.4 Å². The fraction of sp³-hybridized carbons (Fsp3) is 0.571. The van der Waals surface area contributed by atoms with Crippen LogP contribution in [0.4, 0.5) is 0 Å².